The first-order valence-corrected chi connectivity index (χ1v) is 10.5. The van der Waals surface area contributed by atoms with Crippen molar-refractivity contribution in [3.05, 3.63) is 84.4 Å². The molecule has 0 saturated carbocycles. The number of aromatic nitrogens is 1. The number of amides is 2. The zero-order chi connectivity index (χ0) is 22.5. The number of para-hydroxylation sites is 1. The van der Waals surface area contributed by atoms with Gasteiger partial charge in [0.15, 0.2) is 17.7 Å². The van der Waals surface area contributed by atoms with Crippen LogP contribution in [-0.4, -0.2) is 46.9 Å². The number of carbonyl (C=O) groups excluding carboxylic acids is 2. The van der Waals surface area contributed by atoms with Crippen LogP contribution in [0.2, 0.25) is 0 Å². The van der Waals surface area contributed by atoms with Crippen LogP contribution in [0.15, 0.2) is 73.1 Å². The summed E-state index contributed by atoms with van der Waals surface area (Å²) >= 11 is 0. The molecule has 1 aliphatic heterocycles. The molecule has 1 aliphatic rings. The molecule has 1 aromatic heterocycles. The van der Waals surface area contributed by atoms with E-state index in [-0.39, 0.29) is 17.6 Å². The van der Waals surface area contributed by atoms with Gasteiger partial charge >= 0.3 is 0 Å². The van der Waals surface area contributed by atoms with Crippen LogP contribution in [-0.2, 0) is 16.0 Å². The lowest BCUT2D eigenvalue weighted by atomic mass is 9.98. The van der Waals surface area contributed by atoms with Gasteiger partial charge in [-0.15, -0.1) is 0 Å². The van der Waals surface area contributed by atoms with E-state index in [9.17, 15) is 14.0 Å². The van der Waals surface area contributed by atoms with Crippen LogP contribution in [0.3, 0.4) is 0 Å². The molecule has 164 valence electrons. The maximum atomic E-state index is 13.9. The third-order valence-electron chi connectivity index (χ3n) is 5.45. The first kappa shape index (κ1) is 21.5. The van der Waals surface area contributed by atoms with Crippen molar-refractivity contribution in [1.29, 1.82) is 0 Å². The van der Waals surface area contributed by atoms with Gasteiger partial charge in [-0.25, -0.2) is 4.39 Å². The van der Waals surface area contributed by atoms with Crippen molar-refractivity contribution < 1.29 is 18.7 Å². The Bertz CT molecular complexity index is 1110. The average molecular weight is 433 g/mol. The first-order chi connectivity index (χ1) is 15.5. The molecular weight excluding hydrogens is 409 g/mol. The number of nitrogens with one attached hydrogen (secondary N) is 1. The minimum atomic E-state index is -0.929. The van der Waals surface area contributed by atoms with Crippen LogP contribution in [0, 0.1) is 5.82 Å². The highest BCUT2D eigenvalue weighted by Crippen LogP contribution is 2.23. The number of halogens is 1. The summed E-state index contributed by atoms with van der Waals surface area (Å²) in [6, 6.07) is 17.0. The largest absolute Gasteiger partial charge is 0.478 e. The summed E-state index contributed by atoms with van der Waals surface area (Å²) in [5, 5.41) is 2.84. The lowest BCUT2D eigenvalue weighted by Gasteiger charge is -2.36. The van der Waals surface area contributed by atoms with Crippen molar-refractivity contribution in [2.24, 2.45) is 0 Å². The Morgan fingerprint density at radius 2 is 2.00 bits per heavy atom. The Morgan fingerprint density at radius 3 is 2.78 bits per heavy atom. The van der Waals surface area contributed by atoms with Gasteiger partial charge in [0.05, 0.1) is 0 Å². The molecule has 4 rings (SSSR count). The predicted octanol–water partition coefficient (Wildman–Crippen LogP) is 3.22. The Balaban J connectivity index is 1.52. The van der Waals surface area contributed by atoms with Crippen LogP contribution in [0.5, 0.6) is 5.75 Å². The Labute approximate surface area is 186 Å². The van der Waals surface area contributed by atoms with Crippen molar-refractivity contribution in [1.82, 2.24) is 15.2 Å². The molecule has 2 amide bonds. The summed E-state index contributed by atoms with van der Waals surface area (Å²) < 4.78 is 19.5. The van der Waals surface area contributed by atoms with Gasteiger partial charge < -0.3 is 15.0 Å². The van der Waals surface area contributed by atoms with Crippen molar-refractivity contribution in [3.8, 4) is 16.9 Å². The quantitative estimate of drug-likeness (QED) is 0.648. The van der Waals surface area contributed by atoms with E-state index in [2.05, 4.69) is 10.3 Å². The van der Waals surface area contributed by atoms with Crippen LogP contribution in [0.25, 0.3) is 11.1 Å². The summed E-state index contributed by atoms with van der Waals surface area (Å²) in [6.07, 6.45) is 2.93. The summed E-state index contributed by atoms with van der Waals surface area (Å²) in [5.41, 5.74) is 2.89. The first-order valence-electron chi connectivity index (χ1n) is 10.5. The SMILES string of the molecule is CC(Oc1ccccc1F)C(=O)N1CCNC(=O)C1Cc1cccc(-c2cccnc2)c1. The molecule has 2 atom stereocenters. The van der Waals surface area contributed by atoms with Gasteiger partial charge in [0.1, 0.15) is 6.04 Å². The van der Waals surface area contributed by atoms with Crippen molar-refractivity contribution >= 4 is 11.8 Å². The monoisotopic (exact) mass is 433 g/mol. The van der Waals surface area contributed by atoms with Gasteiger partial charge in [0.2, 0.25) is 5.91 Å². The summed E-state index contributed by atoms with van der Waals surface area (Å²) in [5.74, 6) is -1.09. The lowest BCUT2D eigenvalue weighted by Crippen LogP contribution is -2.60. The molecule has 6 nitrogen and oxygen atoms in total. The van der Waals surface area contributed by atoms with Crippen molar-refractivity contribution in [2.75, 3.05) is 13.1 Å². The molecule has 1 N–H and O–H groups in total. The normalized spacial score (nSPS) is 16.9. The Kier molecular flexibility index (Phi) is 6.44. The van der Waals surface area contributed by atoms with E-state index in [1.807, 2.05) is 36.4 Å². The van der Waals surface area contributed by atoms with Crippen LogP contribution < -0.4 is 10.1 Å². The number of hydrogen-bond acceptors (Lipinski definition) is 4. The standard InChI is InChI=1S/C25H24FN3O3/c1-17(32-23-10-3-2-9-21(23)26)25(31)29-13-12-28-24(30)22(29)15-18-6-4-7-19(14-18)20-8-5-11-27-16-20/h2-11,14,16-17,22H,12-13,15H2,1H3,(H,28,30). The molecule has 0 radical (unpaired) electrons. The van der Waals surface area contributed by atoms with Crippen LogP contribution in [0.4, 0.5) is 4.39 Å². The molecule has 0 aliphatic carbocycles. The molecule has 2 heterocycles. The molecular formula is C25H24FN3O3. The highest BCUT2D eigenvalue weighted by atomic mass is 19.1. The molecule has 0 bridgehead atoms. The predicted molar refractivity (Wildman–Crippen MR) is 118 cm³/mol. The maximum absolute atomic E-state index is 13.9. The molecule has 1 saturated heterocycles. The van der Waals surface area contributed by atoms with Gasteiger partial charge in [0, 0.05) is 31.9 Å². The van der Waals surface area contributed by atoms with E-state index in [0.29, 0.717) is 19.5 Å². The van der Waals surface area contributed by atoms with Gasteiger partial charge in [-0.3, -0.25) is 14.6 Å². The van der Waals surface area contributed by atoms with E-state index in [1.165, 1.54) is 17.0 Å². The molecule has 32 heavy (non-hydrogen) atoms. The number of rotatable bonds is 6. The van der Waals surface area contributed by atoms with Gasteiger partial charge in [-0.1, -0.05) is 42.5 Å². The number of hydrogen-bond donors (Lipinski definition) is 1. The average Bonchev–Trinajstić information content (AvgIpc) is 2.82. The second kappa shape index (κ2) is 9.60. The summed E-state index contributed by atoms with van der Waals surface area (Å²) in [7, 11) is 0. The van der Waals surface area contributed by atoms with Crippen molar-refractivity contribution in [2.45, 2.75) is 25.5 Å². The molecule has 7 heteroatoms. The van der Waals surface area contributed by atoms with E-state index < -0.39 is 18.0 Å². The minimum absolute atomic E-state index is 0.00975. The molecule has 2 aromatic carbocycles. The van der Waals surface area contributed by atoms with Gasteiger partial charge in [-0.2, -0.15) is 0 Å². The zero-order valence-corrected chi connectivity index (χ0v) is 17.7. The molecule has 0 spiro atoms. The summed E-state index contributed by atoms with van der Waals surface area (Å²) in [4.78, 5) is 31.5. The number of benzene rings is 2. The maximum Gasteiger partial charge on any atom is 0.264 e. The molecule has 2 unspecified atom stereocenters. The number of pyridine rings is 1. The van der Waals surface area contributed by atoms with Crippen LogP contribution >= 0.6 is 0 Å². The topological polar surface area (TPSA) is 71.5 Å². The highest BCUT2D eigenvalue weighted by molar-refractivity contribution is 5.90. The fourth-order valence-corrected chi connectivity index (χ4v) is 3.83. The number of ether oxygens (including phenoxy) is 1. The Hall–Kier alpha value is -3.74. The van der Waals surface area contributed by atoms with Gasteiger partial charge in [-0.05, 0) is 41.8 Å². The third kappa shape index (κ3) is 4.77. The highest BCUT2D eigenvalue weighted by Gasteiger charge is 2.36. The fourth-order valence-electron chi connectivity index (χ4n) is 3.83. The summed E-state index contributed by atoms with van der Waals surface area (Å²) in [6.45, 7) is 2.30. The molecule has 1 fully saturated rings. The van der Waals surface area contributed by atoms with E-state index in [4.69, 9.17) is 4.74 Å². The fraction of sp³-hybridized carbons (Fsp3) is 0.240. The second-order valence-corrected chi connectivity index (χ2v) is 7.68. The van der Waals surface area contributed by atoms with E-state index in [0.717, 1.165) is 16.7 Å². The lowest BCUT2D eigenvalue weighted by molar-refractivity contribution is -0.148. The number of carbonyl (C=O) groups is 2. The third-order valence-corrected chi connectivity index (χ3v) is 5.45. The second-order valence-electron chi connectivity index (χ2n) is 7.68. The Morgan fingerprint density at radius 1 is 1.19 bits per heavy atom. The van der Waals surface area contributed by atoms with Gasteiger partial charge in [0.25, 0.3) is 5.91 Å². The number of nitrogens with zero attached hydrogens (tertiary/aromatic N) is 2. The van der Waals surface area contributed by atoms with Crippen LogP contribution in [0.1, 0.15) is 12.5 Å². The molecule has 3 aromatic rings. The number of piperazine rings is 1. The van der Waals surface area contributed by atoms with E-state index in [1.54, 1.807) is 31.5 Å². The smallest absolute Gasteiger partial charge is 0.264 e. The minimum Gasteiger partial charge on any atom is -0.478 e. The van der Waals surface area contributed by atoms with Crippen molar-refractivity contribution in [3.63, 3.8) is 0 Å². The zero-order valence-electron chi connectivity index (χ0n) is 17.7. The van der Waals surface area contributed by atoms with E-state index >= 15 is 0 Å².